The van der Waals surface area contributed by atoms with E-state index in [0.717, 1.165) is 5.69 Å². The van der Waals surface area contributed by atoms with Gasteiger partial charge in [-0.1, -0.05) is 0 Å². The Hall–Kier alpha value is -1.32. The summed E-state index contributed by atoms with van der Waals surface area (Å²) in [5.74, 6) is -0.0550. The molecule has 0 radical (unpaired) electrons. The fourth-order valence-electron chi connectivity index (χ4n) is 1.06. The van der Waals surface area contributed by atoms with Crippen molar-refractivity contribution in [3.63, 3.8) is 0 Å². The molecule has 1 N–H and O–H groups in total. The van der Waals surface area contributed by atoms with Gasteiger partial charge in [0.05, 0.1) is 11.8 Å². The van der Waals surface area contributed by atoms with Crippen LogP contribution in [0.1, 0.15) is 29.9 Å². The molecule has 4 nitrogen and oxygen atoms in total. The van der Waals surface area contributed by atoms with E-state index >= 15 is 0 Å². The number of hydrogen-bond donors (Lipinski definition) is 1. The summed E-state index contributed by atoms with van der Waals surface area (Å²) in [6.07, 6.45) is 1.59. The lowest BCUT2D eigenvalue weighted by molar-refractivity contribution is 0.0942. The van der Waals surface area contributed by atoms with Crippen LogP contribution >= 0.6 is 0 Å². The van der Waals surface area contributed by atoms with Crippen molar-refractivity contribution in [3.8, 4) is 0 Å². The Bertz CT molecular complexity index is 315. The number of aryl methyl sites for hydroxylation is 1. The molecular weight excluding hydrogens is 166 g/mol. The van der Waals surface area contributed by atoms with Crippen molar-refractivity contribution in [2.24, 2.45) is 7.05 Å². The molecule has 0 aliphatic carbocycles. The summed E-state index contributed by atoms with van der Waals surface area (Å²) in [7, 11) is 1.82. The van der Waals surface area contributed by atoms with E-state index in [9.17, 15) is 4.79 Å². The Morgan fingerprint density at radius 3 is 2.62 bits per heavy atom. The van der Waals surface area contributed by atoms with Crippen LogP contribution in [-0.2, 0) is 7.05 Å². The fraction of sp³-hybridized carbons (Fsp3) is 0.556. The van der Waals surface area contributed by atoms with Gasteiger partial charge in [-0.2, -0.15) is 5.10 Å². The number of nitrogens with zero attached hydrogens (tertiary/aromatic N) is 2. The number of hydrogen-bond acceptors (Lipinski definition) is 2. The van der Waals surface area contributed by atoms with Crippen molar-refractivity contribution in [1.82, 2.24) is 15.1 Å². The number of rotatable bonds is 2. The molecule has 0 aliphatic heterocycles. The first-order chi connectivity index (χ1) is 6.02. The van der Waals surface area contributed by atoms with Crippen LogP contribution in [-0.4, -0.2) is 21.7 Å². The first-order valence-electron chi connectivity index (χ1n) is 4.32. The van der Waals surface area contributed by atoms with Gasteiger partial charge in [-0.05, 0) is 20.8 Å². The molecule has 1 amide bonds. The summed E-state index contributed by atoms with van der Waals surface area (Å²) in [4.78, 5) is 11.5. The monoisotopic (exact) mass is 181 g/mol. The number of carbonyl (C=O) groups is 1. The average molecular weight is 181 g/mol. The second-order valence-corrected chi connectivity index (χ2v) is 3.40. The van der Waals surface area contributed by atoms with E-state index in [0.29, 0.717) is 5.56 Å². The number of nitrogens with one attached hydrogen (secondary N) is 1. The Morgan fingerprint density at radius 2 is 2.23 bits per heavy atom. The molecule has 0 aromatic carbocycles. The zero-order valence-corrected chi connectivity index (χ0v) is 8.46. The van der Waals surface area contributed by atoms with Crippen LogP contribution in [0.25, 0.3) is 0 Å². The molecule has 0 bridgehead atoms. The molecule has 0 unspecified atom stereocenters. The first-order valence-corrected chi connectivity index (χ1v) is 4.32. The van der Waals surface area contributed by atoms with Crippen LogP contribution in [0.4, 0.5) is 0 Å². The highest BCUT2D eigenvalue weighted by molar-refractivity contribution is 5.95. The summed E-state index contributed by atoms with van der Waals surface area (Å²) < 4.78 is 1.69. The van der Waals surface area contributed by atoms with Gasteiger partial charge in [-0.3, -0.25) is 9.48 Å². The first kappa shape index (κ1) is 9.77. The summed E-state index contributed by atoms with van der Waals surface area (Å²) in [5.41, 5.74) is 1.54. The lowest BCUT2D eigenvalue weighted by Gasteiger charge is -2.07. The lowest BCUT2D eigenvalue weighted by atomic mass is 10.2. The maximum Gasteiger partial charge on any atom is 0.254 e. The Kier molecular flexibility index (Phi) is 2.70. The van der Waals surface area contributed by atoms with E-state index in [4.69, 9.17) is 0 Å². The van der Waals surface area contributed by atoms with E-state index in [1.54, 1.807) is 10.9 Å². The predicted molar refractivity (Wildman–Crippen MR) is 50.5 cm³/mol. The third kappa shape index (κ3) is 2.08. The maximum absolute atomic E-state index is 11.5. The number of carbonyl (C=O) groups excluding carboxylic acids is 1. The van der Waals surface area contributed by atoms with Crippen molar-refractivity contribution < 1.29 is 4.79 Å². The van der Waals surface area contributed by atoms with Crippen molar-refractivity contribution >= 4 is 5.91 Å². The molecule has 72 valence electrons. The van der Waals surface area contributed by atoms with E-state index in [-0.39, 0.29) is 11.9 Å². The van der Waals surface area contributed by atoms with Gasteiger partial charge in [0.2, 0.25) is 0 Å². The average Bonchev–Trinajstić information content (AvgIpc) is 2.31. The predicted octanol–water partition coefficient (Wildman–Crippen LogP) is 0.867. The van der Waals surface area contributed by atoms with Crippen molar-refractivity contribution in [2.75, 3.05) is 0 Å². The normalized spacial score (nSPS) is 10.5. The second-order valence-electron chi connectivity index (χ2n) is 3.40. The topological polar surface area (TPSA) is 46.9 Å². The number of amides is 1. The molecule has 1 aromatic rings. The zero-order chi connectivity index (χ0) is 10.0. The smallest absolute Gasteiger partial charge is 0.254 e. The van der Waals surface area contributed by atoms with E-state index in [1.165, 1.54) is 0 Å². The van der Waals surface area contributed by atoms with Gasteiger partial charge in [0, 0.05) is 18.8 Å². The number of aromatic nitrogens is 2. The minimum absolute atomic E-state index is 0.0550. The highest BCUT2D eigenvalue weighted by atomic mass is 16.1. The van der Waals surface area contributed by atoms with Crippen LogP contribution in [0.3, 0.4) is 0 Å². The van der Waals surface area contributed by atoms with Gasteiger partial charge in [0.15, 0.2) is 0 Å². The van der Waals surface area contributed by atoms with Crippen LogP contribution in [0, 0.1) is 6.92 Å². The van der Waals surface area contributed by atoms with E-state index in [2.05, 4.69) is 10.4 Å². The highest BCUT2D eigenvalue weighted by Crippen LogP contribution is 2.05. The van der Waals surface area contributed by atoms with Gasteiger partial charge < -0.3 is 5.32 Å². The SMILES string of the molecule is Cc1c(C(=O)NC(C)C)cnn1C. The minimum atomic E-state index is -0.0550. The van der Waals surface area contributed by atoms with Gasteiger partial charge in [-0.15, -0.1) is 0 Å². The van der Waals surface area contributed by atoms with Crippen LogP contribution in [0.5, 0.6) is 0 Å². The molecule has 0 fully saturated rings. The molecule has 0 aliphatic rings. The highest BCUT2D eigenvalue weighted by Gasteiger charge is 2.12. The van der Waals surface area contributed by atoms with E-state index in [1.807, 2.05) is 27.8 Å². The molecular formula is C9H15N3O. The van der Waals surface area contributed by atoms with Crippen LogP contribution in [0.2, 0.25) is 0 Å². The van der Waals surface area contributed by atoms with E-state index < -0.39 is 0 Å². The molecule has 0 saturated heterocycles. The molecule has 0 saturated carbocycles. The third-order valence-corrected chi connectivity index (χ3v) is 1.90. The Morgan fingerprint density at radius 1 is 1.62 bits per heavy atom. The second kappa shape index (κ2) is 3.60. The largest absolute Gasteiger partial charge is 0.350 e. The van der Waals surface area contributed by atoms with Crippen molar-refractivity contribution in [1.29, 1.82) is 0 Å². The summed E-state index contributed by atoms with van der Waals surface area (Å²) in [6, 6.07) is 0.159. The van der Waals surface area contributed by atoms with Crippen molar-refractivity contribution in [3.05, 3.63) is 17.5 Å². The molecule has 0 spiro atoms. The molecule has 0 atom stereocenters. The van der Waals surface area contributed by atoms with Crippen LogP contribution in [0.15, 0.2) is 6.20 Å². The zero-order valence-electron chi connectivity index (χ0n) is 8.46. The lowest BCUT2D eigenvalue weighted by Crippen LogP contribution is -2.30. The molecule has 4 heteroatoms. The van der Waals surface area contributed by atoms with Gasteiger partial charge in [0.25, 0.3) is 5.91 Å². The molecule has 13 heavy (non-hydrogen) atoms. The maximum atomic E-state index is 11.5. The Balaban J connectivity index is 2.83. The molecule has 1 heterocycles. The fourth-order valence-corrected chi connectivity index (χ4v) is 1.06. The van der Waals surface area contributed by atoms with Crippen molar-refractivity contribution in [2.45, 2.75) is 26.8 Å². The molecule has 1 aromatic heterocycles. The minimum Gasteiger partial charge on any atom is -0.350 e. The van der Waals surface area contributed by atoms with Gasteiger partial charge in [-0.25, -0.2) is 0 Å². The summed E-state index contributed by atoms with van der Waals surface area (Å²) >= 11 is 0. The molecule has 1 rings (SSSR count). The summed E-state index contributed by atoms with van der Waals surface area (Å²) in [5, 5.41) is 6.82. The Labute approximate surface area is 77.9 Å². The third-order valence-electron chi connectivity index (χ3n) is 1.90. The quantitative estimate of drug-likeness (QED) is 0.735. The summed E-state index contributed by atoms with van der Waals surface area (Å²) in [6.45, 7) is 5.75. The van der Waals surface area contributed by atoms with Gasteiger partial charge >= 0.3 is 0 Å². The standard InChI is InChI=1S/C9H15N3O/c1-6(2)11-9(13)8-5-10-12(4)7(8)3/h5-6H,1-4H3,(H,11,13). The van der Waals surface area contributed by atoms with Crippen LogP contribution < -0.4 is 5.32 Å². The van der Waals surface area contributed by atoms with Gasteiger partial charge in [0.1, 0.15) is 0 Å².